The highest BCUT2D eigenvalue weighted by molar-refractivity contribution is 6.32. The van der Waals surface area contributed by atoms with E-state index in [1.807, 2.05) is 31.2 Å². The molecule has 6 nitrogen and oxygen atoms in total. The number of hydrogen-bond donors (Lipinski definition) is 3. The van der Waals surface area contributed by atoms with Crippen LogP contribution in [0.3, 0.4) is 0 Å². The highest BCUT2D eigenvalue weighted by Gasteiger charge is 2.26. The molecule has 0 radical (unpaired) electrons. The van der Waals surface area contributed by atoms with Crippen LogP contribution in [-0.2, 0) is 9.59 Å². The van der Waals surface area contributed by atoms with Gasteiger partial charge in [-0.15, -0.1) is 0 Å². The molecule has 0 bridgehead atoms. The van der Waals surface area contributed by atoms with Gasteiger partial charge < -0.3 is 21.3 Å². The van der Waals surface area contributed by atoms with Crippen molar-refractivity contribution in [3.8, 4) is 0 Å². The second-order valence-electron chi connectivity index (χ2n) is 6.01. The molecular formula is C19H20N4O2. The number of nitrogens with one attached hydrogen (secondary N) is 2. The monoisotopic (exact) mass is 336 g/mol. The predicted molar refractivity (Wildman–Crippen MR) is 101 cm³/mol. The Kier molecular flexibility index (Phi) is 4.19. The maximum Gasteiger partial charge on any atom is 0.258 e. The highest BCUT2D eigenvalue weighted by atomic mass is 16.2. The molecule has 1 aliphatic rings. The first-order valence-electron chi connectivity index (χ1n) is 7.90. The molecule has 1 aliphatic heterocycles. The summed E-state index contributed by atoms with van der Waals surface area (Å²) >= 11 is 0. The summed E-state index contributed by atoms with van der Waals surface area (Å²) in [5.41, 5.74) is 10.9. The molecule has 2 aromatic rings. The number of hydrogen-bond acceptors (Lipinski definition) is 4. The van der Waals surface area contributed by atoms with E-state index in [2.05, 4.69) is 10.6 Å². The summed E-state index contributed by atoms with van der Waals surface area (Å²) < 4.78 is 0. The smallest absolute Gasteiger partial charge is 0.258 e. The predicted octanol–water partition coefficient (Wildman–Crippen LogP) is 3.05. The molecule has 0 atom stereocenters. The van der Waals surface area contributed by atoms with E-state index in [0.29, 0.717) is 11.3 Å². The van der Waals surface area contributed by atoms with Gasteiger partial charge in [-0.25, -0.2) is 0 Å². The minimum absolute atomic E-state index is 0.0316. The van der Waals surface area contributed by atoms with Gasteiger partial charge in [-0.05, 0) is 49.4 Å². The summed E-state index contributed by atoms with van der Waals surface area (Å²) in [4.78, 5) is 25.3. The van der Waals surface area contributed by atoms with E-state index in [1.165, 1.54) is 6.92 Å². The summed E-state index contributed by atoms with van der Waals surface area (Å²) in [6, 6.07) is 12.8. The van der Waals surface area contributed by atoms with Gasteiger partial charge in [0, 0.05) is 48.0 Å². The Labute approximate surface area is 146 Å². The zero-order chi connectivity index (χ0) is 18.1. The molecule has 1 heterocycles. The fourth-order valence-corrected chi connectivity index (χ4v) is 2.79. The topological polar surface area (TPSA) is 87.5 Å². The van der Waals surface area contributed by atoms with Gasteiger partial charge >= 0.3 is 0 Å². The fourth-order valence-electron chi connectivity index (χ4n) is 2.79. The van der Waals surface area contributed by atoms with Crippen LogP contribution < -0.4 is 21.3 Å². The van der Waals surface area contributed by atoms with Gasteiger partial charge in [0.25, 0.3) is 5.91 Å². The SMILES string of the molecule is CC(=O)N(C)c1ccc(N/C(C)=C2\C(=O)Nc3ccc(N)cc32)cc1. The average molecular weight is 336 g/mol. The van der Waals surface area contributed by atoms with Gasteiger partial charge in [0.15, 0.2) is 0 Å². The molecule has 3 rings (SSSR count). The molecule has 4 N–H and O–H groups in total. The van der Waals surface area contributed by atoms with Crippen molar-refractivity contribution >= 4 is 40.1 Å². The lowest BCUT2D eigenvalue weighted by Gasteiger charge is -2.16. The molecule has 0 fully saturated rings. The lowest BCUT2D eigenvalue weighted by Crippen LogP contribution is -2.22. The summed E-state index contributed by atoms with van der Waals surface area (Å²) in [5, 5.41) is 6.09. The van der Waals surface area contributed by atoms with E-state index in [4.69, 9.17) is 5.73 Å². The number of nitrogen functional groups attached to an aromatic ring is 1. The van der Waals surface area contributed by atoms with Crippen LogP contribution in [0.4, 0.5) is 22.7 Å². The minimum atomic E-state index is -0.154. The van der Waals surface area contributed by atoms with Crippen molar-refractivity contribution in [2.75, 3.05) is 28.3 Å². The van der Waals surface area contributed by atoms with Crippen LogP contribution >= 0.6 is 0 Å². The second kappa shape index (κ2) is 6.32. The van der Waals surface area contributed by atoms with Crippen LogP contribution in [0.1, 0.15) is 19.4 Å². The summed E-state index contributed by atoms with van der Waals surface area (Å²) in [7, 11) is 1.72. The molecule has 0 saturated heterocycles. The van der Waals surface area contributed by atoms with E-state index >= 15 is 0 Å². The molecule has 25 heavy (non-hydrogen) atoms. The zero-order valence-corrected chi connectivity index (χ0v) is 14.4. The Morgan fingerprint density at radius 3 is 2.44 bits per heavy atom. The second-order valence-corrected chi connectivity index (χ2v) is 6.01. The number of nitrogens with two attached hydrogens (primary N) is 1. The number of allylic oxidation sites excluding steroid dienone is 1. The van der Waals surface area contributed by atoms with Gasteiger partial charge in [0.2, 0.25) is 5.91 Å². The maximum absolute atomic E-state index is 12.3. The number of fused-ring (bicyclic) bond motifs is 1. The third-order valence-corrected chi connectivity index (χ3v) is 4.22. The average Bonchev–Trinajstić information content (AvgIpc) is 2.89. The van der Waals surface area contributed by atoms with E-state index in [1.54, 1.807) is 30.1 Å². The summed E-state index contributed by atoms with van der Waals surface area (Å²) in [6.07, 6.45) is 0. The van der Waals surface area contributed by atoms with Crippen LogP contribution in [0.5, 0.6) is 0 Å². The summed E-state index contributed by atoms with van der Waals surface area (Å²) in [5.74, 6) is -0.186. The first-order valence-corrected chi connectivity index (χ1v) is 7.90. The van der Waals surface area contributed by atoms with Crippen LogP contribution in [0.2, 0.25) is 0 Å². The maximum atomic E-state index is 12.3. The quantitative estimate of drug-likeness (QED) is 0.594. The molecule has 0 unspecified atom stereocenters. The first kappa shape index (κ1) is 16.6. The van der Waals surface area contributed by atoms with Gasteiger partial charge in [-0.2, -0.15) is 0 Å². The third-order valence-electron chi connectivity index (χ3n) is 4.22. The van der Waals surface area contributed by atoms with Crippen molar-refractivity contribution in [3.63, 3.8) is 0 Å². The molecule has 128 valence electrons. The Morgan fingerprint density at radius 1 is 1.12 bits per heavy atom. The van der Waals surface area contributed by atoms with E-state index in [-0.39, 0.29) is 11.8 Å². The van der Waals surface area contributed by atoms with E-state index in [0.717, 1.165) is 28.3 Å². The molecule has 0 spiro atoms. The van der Waals surface area contributed by atoms with Crippen LogP contribution in [0.15, 0.2) is 48.2 Å². The molecule has 2 amide bonds. The van der Waals surface area contributed by atoms with Crippen molar-refractivity contribution in [2.24, 2.45) is 0 Å². The Morgan fingerprint density at radius 2 is 1.80 bits per heavy atom. The van der Waals surface area contributed by atoms with Crippen molar-refractivity contribution in [2.45, 2.75) is 13.8 Å². The van der Waals surface area contributed by atoms with E-state index < -0.39 is 0 Å². The zero-order valence-electron chi connectivity index (χ0n) is 14.4. The number of benzene rings is 2. The molecule has 0 aromatic heterocycles. The first-order chi connectivity index (χ1) is 11.9. The number of amides is 2. The Balaban J connectivity index is 1.88. The normalized spacial score (nSPS) is 14.6. The Bertz CT molecular complexity index is 885. The lowest BCUT2D eigenvalue weighted by molar-refractivity contribution is -0.116. The van der Waals surface area contributed by atoms with Gasteiger partial charge in [0.05, 0.1) is 5.57 Å². The number of rotatable bonds is 3. The van der Waals surface area contributed by atoms with Crippen LogP contribution in [0, 0.1) is 0 Å². The van der Waals surface area contributed by atoms with Gasteiger partial charge in [-0.3, -0.25) is 9.59 Å². The third kappa shape index (κ3) is 3.19. The highest BCUT2D eigenvalue weighted by Crippen LogP contribution is 2.35. The number of carbonyl (C=O) groups excluding carboxylic acids is 2. The van der Waals surface area contributed by atoms with Crippen LogP contribution in [0.25, 0.3) is 5.57 Å². The van der Waals surface area contributed by atoms with E-state index in [9.17, 15) is 9.59 Å². The van der Waals surface area contributed by atoms with Crippen molar-refractivity contribution in [1.82, 2.24) is 0 Å². The number of carbonyl (C=O) groups is 2. The van der Waals surface area contributed by atoms with Crippen molar-refractivity contribution in [3.05, 3.63) is 53.7 Å². The molecule has 0 aliphatic carbocycles. The minimum Gasteiger partial charge on any atom is -0.399 e. The lowest BCUT2D eigenvalue weighted by atomic mass is 10.0. The molecule has 2 aromatic carbocycles. The Hall–Kier alpha value is -3.28. The fraction of sp³-hybridized carbons (Fsp3) is 0.158. The van der Waals surface area contributed by atoms with Crippen molar-refractivity contribution < 1.29 is 9.59 Å². The van der Waals surface area contributed by atoms with Gasteiger partial charge in [-0.1, -0.05) is 0 Å². The summed E-state index contributed by atoms with van der Waals surface area (Å²) in [6.45, 7) is 3.37. The largest absolute Gasteiger partial charge is 0.399 e. The standard InChI is InChI=1S/C19H20N4O2/c1-11(18-16-10-13(20)4-9-17(16)22-19(18)25)21-14-5-7-15(8-6-14)23(3)12(2)24/h4-10,21H,20H2,1-3H3,(H,22,25)/b18-11-. The molecule has 6 heteroatoms. The van der Waals surface area contributed by atoms with Crippen molar-refractivity contribution in [1.29, 1.82) is 0 Å². The molecular weight excluding hydrogens is 316 g/mol. The van der Waals surface area contributed by atoms with Crippen LogP contribution in [-0.4, -0.2) is 18.9 Å². The number of nitrogens with zero attached hydrogens (tertiary/aromatic N) is 1. The van der Waals surface area contributed by atoms with Gasteiger partial charge in [0.1, 0.15) is 0 Å². The number of anilines is 4. The molecule has 0 saturated carbocycles.